The van der Waals surface area contributed by atoms with Crippen LogP contribution in [0.3, 0.4) is 0 Å². The first-order valence-corrected chi connectivity index (χ1v) is 7.57. The Labute approximate surface area is 125 Å². The van der Waals surface area contributed by atoms with E-state index in [1.807, 2.05) is 6.07 Å². The Bertz CT molecular complexity index is 612. The van der Waals surface area contributed by atoms with Gasteiger partial charge in [0.1, 0.15) is 5.82 Å². The average Bonchev–Trinajstić information content (AvgIpc) is 2.52. The maximum atomic E-state index is 13.4. The summed E-state index contributed by atoms with van der Waals surface area (Å²) in [5.74, 6) is 5.99. The van der Waals surface area contributed by atoms with Crippen molar-refractivity contribution in [1.29, 1.82) is 0 Å². The Morgan fingerprint density at radius 2 is 2.05 bits per heavy atom. The van der Waals surface area contributed by atoms with Crippen molar-refractivity contribution in [3.8, 4) is 0 Å². The fourth-order valence-corrected chi connectivity index (χ4v) is 3.41. The van der Waals surface area contributed by atoms with E-state index in [4.69, 9.17) is 5.84 Å². The monoisotopic (exact) mass is 284 g/mol. The number of fused-ring (bicyclic) bond motifs is 1. The van der Waals surface area contributed by atoms with Crippen LogP contribution >= 0.6 is 0 Å². The van der Waals surface area contributed by atoms with Gasteiger partial charge in [0, 0.05) is 6.04 Å². The molecule has 2 aromatic rings. The zero-order valence-corrected chi connectivity index (χ0v) is 12.1. The van der Waals surface area contributed by atoms with E-state index in [9.17, 15) is 4.39 Å². The van der Waals surface area contributed by atoms with Crippen molar-refractivity contribution in [3.63, 3.8) is 0 Å². The molecule has 3 heteroatoms. The molecule has 3 rings (SSSR count). The SMILES string of the molecule is NNC(CC1CCCc2ccccc21)c1cccc(F)c1. The van der Waals surface area contributed by atoms with Crippen molar-refractivity contribution in [1.82, 2.24) is 5.43 Å². The van der Waals surface area contributed by atoms with Gasteiger partial charge in [-0.2, -0.15) is 0 Å². The number of nitrogens with two attached hydrogens (primary N) is 1. The summed E-state index contributed by atoms with van der Waals surface area (Å²) in [5, 5.41) is 0. The van der Waals surface area contributed by atoms with Gasteiger partial charge >= 0.3 is 0 Å². The standard InChI is InChI=1S/C18H21FN2/c19-16-9-4-8-15(11-16)18(21-20)12-14-7-3-6-13-5-1-2-10-17(13)14/h1-2,4-5,8-11,14,18,21H,3,6-7,12,20H2. The summed E-state index contributed by atoms with van der Waals surface area (Å²) in [4.78, 5) is 0. The highest BCUT2D eigenvalue weighted by atomic mass is 19.1. The quantitative estimate of drug-likeness (QED) is 0.661. The zero-order valence-electron chi connectivity index (χ0n) is 12.1. The average molecular weight is 284 g/mol. The molecular formula is C18H21FN2. The lowest BCUT2D eigenvalue weighted by molar-refractivity contribution is 0.424. The van der Waals surface area contributed by atoms with E-state index < -0.39 is 0 Å². The molecule has 0 bridgehead atoms. The summed E-state index contributed by atoms with van der Waals surface area (Å²) >= 11 is 0. The molecule has 0 aliphatic heterocycles. The lowest BCUT2D eigenvalue weighted by Gasteiger charge is -2.29. The fraction of sp³-hybridized carbons (Fsp3) is 0.333. The normalized spacial score (nSPS) is 19.0. The number of hydrogen-bond donors (Lipinski definition) is 2. The summed E-state index contributed by atoms with van der Waals surface area (Å²) in [6.07, 6.45) is 4.44. The van der Waals surface area contributed by atoms with Crippen molar-refractivity contribution in [2.24, 2.45) is 5.84 Å². The van der Waals surface area contributed by atoms with Gasteiger partial charge in [-0.3, -0.25) is 11.3 Å². The molecule has 0 amide bonds. The summed E-state index contributed by atoms with van der Waals surface area (Å²) in [7, 11) is 0. The van der Waals surface area contributed by atoms with E-state index in [0.29, 0.717) is 5.92 Å². The Morgan fingerprint density at radius 1 is 1.19 bits per heavy atom. The maximum absolute atomic E-state index is 13.4. The minimum absolute atomic E-state index is 0.0168. The largest absolute Gasteiger partial charge is 0.271 e. The fourth-order valence-electron chi connectivity index (χ4n) is 3.41. The molecule has 2 unspecified atom stereocenters. The molecule has 0 aromatic heterocycles. The van der Waals surface area contributed by atoms with Gasteiger partial charge in [0.2, 0.25) is 0 Å². The molecule has 0 radical (unpaired) electrons. The molecule has 0 saturated carbocycles. The number of aryl methyl sites for hydroxylation is 1. The predicted octanol–water partition coefficient (Wildman–Crippen LogP) is 3.84. The van der Waals surface area contributed by atoms with Crippen molar-refractivity contribution < 1.29 is 4.39 Å². The smallest absolute Gasteiger partial charge is 0.123 e. The summed E-state index contributed by atoms with van der Waals surface area (Å²) in [6.45, 7) is 0. The zero-order chi connectivity index (χ0) is 14.7. The molecule has 0 heterocycles. The second-order valence-electron chi connectivity index (χ2n) is 5.80. The van der Waals surface area contributed by atoms with Crippen molar-refractivity contribution >= 4 is 0 Å². The minimum atomic E-state index is -0.211. The van der Waals surface area contributed by atoms with Gasteiger partial charge in [0.05, 0.1) is 0 Å². The molecule has 2 atom stereocenters. The molecule has 3 N–H and O–H groups in total. The Kier molecular flexibility index (Phi) is 4.32. The third-order valence-corrected chi connectivity index (χ3v) is 4.47. The topological polar surface area (TPSA) is 38.0 Å². The van der Waals surface area contributed by atoms with Crippen LogP contribution in [0.2, 0.25) is 0 Å². The second kappa shape index (κ2) is 6.37. The van der Waals surface area contributed by atoms with E-state index in [2.05, 4.69) is 29.7 Å². The Hall–Kier alpha value is -1.71. The van der Waals surface area contributed by atoms with Gasteiger partial charge in [-0.15, -0.1) is 0 Å². The first-order valence-electron chi connectivity index (χ1n) is 7.57. The van der Waals surface area contributed by atoms with E-state index in [1.165, 1.54) is 30.0 Å². The van der Waals surface area contributed by atoms with E-state index in [1.54, 1.807) is 12.1 Å². The van der Waals surface area contributed by atoms with E-state index >= 15 is 0 Å². The molecule has 0 fully saturated rings. The summed E-state index contributed by atoms with van der Waals surface area (Å²) in [6, 6.07) is 15.3. The Balaban J connectivity index is 1.82. The van der Waals surface area contributed by atoms with Crippen molar-refractivity contribution in [2.45, 2.75) is 37.6 Å². The van der Waals surface area contributed by atoms with Crippen LogP contribution in [0.15, 0.2) is 48.5 Å². The highest BCUT2D eigenvalue weighted by Gasteiger charge is 2.23. The number of rotatable bonds is 4. The predicted molar refractivity (Wildman–Crippen MR) is 83.2 cm³/mol. The number of benzene rings is 2. The number of halogens is 1. The van der Waals surface area contributed by atoms with Crippen LogP contribution in [0, 0.1) is 5.82 Å². The van der Waals surface area contributed by atoms with Gasteiger partial charge in [-0.25, -0.2) is 4.39 Å². The van der Waals surface area contributed by atoms with Gasteiger partial charge in [-0.05, 0) is 60.4 Å². The molecule has 0 spiro atoms. The third kappa shape index (κ3) is 3.14. The second-order valence-corrected chi connectivity index (χ2v) is 5.80. The first-order chi connectivity index (χ1) is 10.3. The van der Waals surface area contributed by atoms with Crippen LogP contribution in [0.4, 0.5) is 4.39 Å². The van der Waals surface area contributed by atoms with E-state index in [0.717, 1.165) is 18.4 Å². The summed E-state index contributed by atoms with van der Waals surface area (Å²) < 4.78 is 13.4. The van der Waals surface area contributed by atoms with Crippen LogP contribution in [0.5, 0.6) is 0 Å². The van der Waals surface area contributed by atoms with Gasteiger partial charge in [-0.1, -0.05) is 36.4 Å². The minimum Gasteiger partial charge on any atom is -0.271 e. The van der Waals surface area contributed by atoms with E-state index in [-0.39, 0.29) is 11.9 Å². The van der Waals surface area contributed by atoms with Crippen LogP contribution in [-0.4, -0.2) is 0 Å². The van der Waals surface area contributed by atoms with Crippen LogP contribution in [0.25, 0.3) is 0 Å². The molecule has 1 aliphatic carbocycles. The highest BCUT2D eigenvalue weighted by Crippen LogP contribution is 2.37. The van der Waals surface area contributed by atoms with Crippen molar-refractivity contribution in [2.75, 3.05) is 0 Å². The molecule has 110 valence electrons. The highest BCUT2D eigenvalue weighted by molar-refractivity contribution is 5.33. The lowest BCUT2D eigenvalue weighted by Crippen LogP contribution is -2.30. The van der Waals surface area contributed by atoms with Gasteiger partial charge in [0.15, 0.2) is 0 Å². The molecule has 2 nitrogen and oxygen atoms in total. The summed E-state index contributed by atoms with van der Waals surface area (Å²) in [5.41, 5.74) is 6.65. The number of hydrazine groups is 1. The molecule has 2 aromatic carbocycles. The van der Waals surface area contributed by atoms with Crippen LogP contribution in [0.1, 0.15) is 47.9 Å². The molecule has 21 heavy (non-hydrogen) atoms. The molecule has 0 saturated heterocycles. The third-order valence-electron chi connectivity index (χ3n) is 4.47. The van der Waals surface area contributed by atoms with Crippen LogP contribution < -0.4 is 11.3 Å². The maximum Gasteiger partial charge on any atom is 0.123 e. The number of nitrogens with one attached hydrogen (secondary N) is 1. The van der Waals surface area contributed by atoms with Gasteiger partial charge in [0.25, 0.3) is 0 Å². The Morgan fingerprint density at radius 3 is 2.86 bits per heavy atom. The molecular weight excluding hydrogens is 263 g/mol. The molecule has 1 aliphatic rings. The number of hydrogen-bond acceptors (Lipinski definition) is 2. The van der Waals surface area contributed by atoms with Gasteiger partial charge < -0.3 is 0 Å². The van der Waals surface area contributed by atoms with Crippen molar-refractivity contribution in [3.05, 3.63) is 71.0 Å². The van der Waals surface area contributed by atoms with Crippen LogP contribution in [-0.2, 0) is 6.42 Å². The first kappa shape index (κ1) is 14.2. The lowest BCUT2D eigenvalue weighted by atomic mass is 9.79.